The second-order valence-corrected chi connectivity index (χ2v) is 10.6. The fraction of sp³-hybridized carbons (Fsp3) is 0.600. The Kier molecular flexibility index (Phi) is 19.8. The number of nitrogens with two attached hydrogens (primary N) is 1. The van der Waals surface area contributed by atoms with Gasteiger partial charge >= 0.3 is 6.09 Å². The first-order valence-corrected chi connectivity index (χ1v) is 15.9. The summed E-state index contributed by atoms with van der Waals surface area (Å²) >= 11 is 0. The highest BCUT2D eigenvalue weighted by Crippen LogP contribution is 2.42. The summed E-state index contributed by atoms with van der Waals surface area (Å²) in [4.78, 5) is 24.8. The van der Waals surface area contributed by atoms with Gasteiger partial charge in [0.1, 0.15) is 17.6 Å². The van der Waals surface area contributed by atoms with E-state index in [1.807, 2.05) is 67.5 Å². The minimum Gasteiger partial charge on any atom is -0.508 e. The number of carbonyl (C=O) groups excluding carboxylic acids is 2. The molecule has 256 valence electrons. The molecule has 0 spiro atoms. The Morgan fingerprint density at radius 2 is 1.60 bits per heavy atom. The number of methoxy groups -OCH3 is 3. The summed E-state index contributed by atoms with van der Waals surface area (Å²) < 4.78 is 23.2. The van der Waals surface area contributed by atoms with Crippen LogP contribution in [0.3, 0.4) is 0 Å². The van der Waals surface area contributed by atoms with Crippen LogP contribution in [0.2, 0.25) is 0 Å². The summed E-state index contributed by atoms with van der Waals surface area (Å²) in [5, 5.41) is 24.3. The highest BCUT2D eigenvalue weighted by molar-refractivity contribution is 6.04. The molecule has 1 heterocycles. The van der Waals surface area contributed by atoms with Crippen LogP contribution < -0.4 is 11.1 Å². The highest BCUT2D eigenvalue weighted by atomic mass is 16.6. The molecule has 1 aromatic carbocycles. The molecule has 0 aromatic heterocycles. The van der Waals surface area contributed by atoms with Gasteiger partial charge in [-0.2, -0.15) is 0 Å². The average Bonchev–Trinajstić information content (AvgIpc) is 3.02. The van der Waals surface area contributed by atoms with Gasteiger partial charge in [0, 0.05) is 50.4 Å². The van der Waals surface area contributed by atoms with E-state index < -0.39 is 24.2 Å². The van der Waals surface area contributed by atoms with Crippen molar-refractivity contribution in [2.24, 2.45) is 23.5 Å². The van der Waals surface area contributed by atoms with E-state index in [1.165, 1.54) is 19.2 Å². The molecular weight excluding hydrogens is 576 g/mol. The quantitative estimate of drug-likeness (QED) is 0.148. The van der Waals surface area contributed by atoms with Crippen LogP contribution in [0, 0.1) is 17.8 Å². The van der Waals surface area contributed by atoms with Gasteiger partial charge in [0.25, 0.3) is 5.91 Å². The third-order valence-corrected chi connectivity index (χ3v) is 7.60. The molecule has 2 bridgehead atoms. The molecule has 7 atom stereocenters. The number of anilines is 1. The van der Waals surface area contributed by atoms with E-state index in [-0.39, 0.29) is 47.1 Å². The topological polar surface area (TPSA) is 150 Å². The largest absolute Gasteiger partial charge is 0.508 e. The Balaban J connectivity index is 0.00000464. The number of primary amides is 1. The molecule has 0 fully saturated rings. The van der Waals surface area contributed by atoms with Crippen molar-refractivity contribution in [1.29, 1.82) is 0 Å². The number of ether oxygens (including phenoxy) is 4. The van der Waals surface area contributed by atoms with Crippen LogP contribution in [0.4, 0.5) is 10.5 Å². The Bertz CT molecular complexity index is 1150. The maximum atomic E-state index is 13.0. The molecule has 5 N–H and O–H groups in total. The normalized spacial score (nSPS) is 29.2. The zero-order valence-corrected chi connectivity index (χ0v) is 29.3. The highest BCUT2D eigenvalue weighted by Gasteiger charge is 2.33. The van der Waals surface area contributed by atoms with Crippen LogP contribution in [0.25, 0.3) is 0 Å². The predicted octanol–water partition coefficient (Wildman–Crippen LogP) is 7.42. The molecule has 1 aliphatic rings. The molecule has 0 saturated carbocycles. The minimum atomic E-state index is -0.881. The van der Waals surface area contributed by atoms with Gasteiger partial charge in [-0.1, -0.05) is 79.7 Å². The monoisotopic (exact) mass is 634 g/mol. The second-order valence-electron chi connectivity index (χ2n) is 10.6. The van der Waals surface area contributed by atoms with Gasteiger partial charge < -0.3 is 40.2 Å². The molecule has 1 aromatic rings. The van der Waals surface area contributed by atoms with Gasteiger partial charge in [-0.05, 0) is 37.3 Å². The van der Waals surface area contributed by atoms with E-state index in [1.54, 1.807) is 33.3 Å². The van der Waals surface area contributed by atoms with Crippen LogP contribution in [0.5, 0.6) is 11.5 Å². The Labute approximate surface area is 270 Å². The molecule has 10 heteroatoms. The van der Waals surface area contributed by atoms with Crippen molar-refractivity contribution in [2.45, 2.75) is 99.6 Å². The van der Waals surface area contributed by atoms with Crippen LogP contribution in [0.15, 0.2) is 47.6 Å². The van der Waals surface area contributed by atoms with E-state index in [4.69, 9.17) is 24.7 Å². The maximum Gasteiger partial charge on any atom is 0.405 e. The lowest BCUT2D eigenvalue weighted by atomic mass is 9.85. The lowest BCUT2D eigenvalue weighted by molar-refractivity contribution is -0.112. The van der Waals surface area contributed by atoms with E-state index in [2.05, 4.69) is 5.32 Å². The molecule has 2 rings (SSSR count). The van der Waals surface area contributed by atoms with Crippen molar-refractivity contribution >= 4 is 17.7 Å². The van der Waals surface area contributed by atoms with Gasteiger partial charge in [-0.15, -0.1) is 0 Å². The van der Waals surface area contributed by atoms with Crippen molar-refractivity contribution < 1.29 is 38.7 Å². The lowest BCUT2D eigenvalue weighted by Crippen LogP contribution is -2.37. The summed E-state index contributed by atoms with van der Waals surface area (Å²) in [5.74, 6) is -1.42. The number of rotatable bonds is 5. The molecule has 45 heavy (non-hydrogen) atoms. The Morgan fingerprint density at radius 1 is 0.978 bits per heavy atom. The lowest BCUT2D eigenvalue weighted by Gasteiger charge is -2.33. The van der Waals surface area contributed by atoms with Crippen molar-refractivity contribution in [3.63, 3.8) is 0 Å². The first-order valence-electron chi connectivity index (χ1n) is 15.9. The first-order chi connectivity index (χ1) is 21.4. The van der Waals surface area contributed by atoms with E-state index in [0.717, 1.165) is 5.57 Å². The van der Waals surface area contributed by atoms with E-state index >= 15 is 0 Å². The van der Waals surface area contributed by atoms with Crippen molar-refractivity contribution in [3.8, 4) is 11.5 Å². The van der Waals surface area contributed by atoms with Gasteiger partial charge in [0.2, 0.25) is 0 Å². The number of carbonyl (C=O) groups is 2. The predicted molar refractivity (Wildman–Crippen MR) is 180 cm³/mol. The molecule has 1 aliphatic heterocycles. The van der Waals surface area contributed by atoms with Crippen molar-refractivity contribution in [1.82, 2.24) is 0 Å². The number of aromatic hydroxyl groups is 2. The Morgan fingerprint density at radius 3 is 2.11 bits per heavy atom. The molecule has 7 unspecified atom stereocenters. The smallest absolute Gasteiger partial charge is 0.405 e. The average molecular weight is 635 g/mol. The maximum absolute atomic E-state index is 13.0. The summed E-state index contributed by atoms with van der Waals surface area (Å²) in [6.45, 7) is 17.5. The summed E-state index contributed by atoms with van der Waals surface area (Å²) in [7, 11) is 4.75. The van der Waals surface area contributed by atoms with Gasteiger partial charge in [-0.25, -0.2) is 4.79 Å². The molecule has 10 nitrogen and oxygen atoms in total. The van der Waals surface area contributed by atoms with Crippen LogP contribution in [-0.4, -0.2) is 61.9 Å². The fourth-order valence-electron chi connectivity index (χ4n) is 5.44. The molecule has 0 aliphatic carbocycles. The zero-order valence-electron chi connectivity index (χ0n) is 29.3. The third kappa shape index (κ3) is 12.2. The van der Waals surface area contributed by atoms with Gasteiger partial charge in [0.15, 0.2) is 0 Å². The summed E-state index contributed by atoms with van der Waals surface area (Å²) in [6, 6.07) is 2.71. The first kappa shape index (κ1) is 41.7. The summed E-state index contributed by atoms with van der Waals surface area (Å²) in [6.07, 6.45) is 5.37. The number of nitrogens with one attached hydrogen (secondary N) is 1. The number of allylic oxidation sites excluding steroid dienone is 2. The van der Waals surface area contributed by atoms with Crippen molar-refractivity contribution in [2.75, 3.05) is 26.6 Å². The molecular formula is C35H58N2O8. The van der Waals surface area contributed by atoms with E-state index in [0.29, 0.717) is 24.0 Å². The number of phenolic OH excluding ortho intramolecular Hbond substituents is 2. The molecule has 0 saturated heterocycles. The zero-order chi connectivity index (χ0) is 34.9. The number of hydrogen-bond acceptors (Lipinski definition) is 8. The SMILES string of the molecule is CC.CC.CC/C1=C\C(C)C(OC)C(OC)CC(C)C(OC)c2cc(O)cc(c2O)NC(=O)/C(C)=C/C=C\C(C)C1OC(N)=O. The van der Waals surface area contributed by atoms with Crippen LogP contribution in [0.1, 0.15) is 86.8 Å². The van der Waals surface area contributed by atoms with Gasteiger partial charge in [-0.3, -0.25) is 4.79 Å². The summed E-state index contributed by atoms with van der Waals surface area (Å²) in [5.41, 5.74) is 7.06. The number of hydrogen-bond donors (Lipinski definition) is 4. The van der Waals surface area contributed by atoms with Gasteiger partial charge in [0.05, 0.1) is 24.0 Å². The van der Waals surface area contributed by atoms with Crippen LogP contribution >= 0.6 is 0 Å². The Hall–Kier alpha value is -3.34. The standard InChI is InChI=1S/C31H46N2O8.2C2H6/c1-9-21-13-19(4)29(40-8)25(38-6)14-20(5)28(39-7)23-15-22(34)16-24(26(23)35)33-30(36)18(3)12-10-11-17(2)27(21)41-31(32)37;2*1-2/h10-13,15-17,19-20,25,27-29,34-35H,9,14H2,1-8H3,(H2,32,37)(H,33,36);2*1-2H3/b11-10-,18-12+,21-13+;;. The number of amides is 2. The van der Waals surface area contributed by atoms with Crippen LogP contribution in [-0.2, 0) is 23.7 Å². The minimum absolute atomic E-state index is 0.0562. The number of fused-ring (bicyclic) bond motifs is 2. The molecule has 2 amide bonds. The second kappa shape index (κ2) is 21.4. The fourth-order valence-corrected chi connectivity index (χ4v) is 5.44. The third-order valence-electron chi connectivity index (χ3n) is 7.60. The number of phenols is 2. The number of benzene rings is 1. The van der Waals surface area contributed by atoms with Crippen molar-refractivity contribution in [3.05, 3.63) is 53.1 Å². The van der Waals surface area contributed by atoms with E-state index in [9.17, 15) is 19.8 Å². The molecule has 0 radical (unpaired) electrons.